The van der Waals surface area contributed by atoms with Crippen molar-refractivity contribution < 1.29 is 0 Å². The van der Waals surface area contributed by atoms with Crippen molar-refractivity contribution in [3.05, 3.63) is 28.4 Å². The number of fused-ring (bicyclic) bond motifs is 4. The van der Waals surface area contributed by atoms with E-state index >= 15 is 0 Å². The largest absolute Gasteiger partial charge is 0.377 e. The smallest absolute Gasteiger partial charge is 0.271 e. The van der Waals surface area contributed by atoms with Gasteiger partial charge in [0.2, 0.25) is 0 Å². The van der Waals surface area contributed by atoms with Gasteiger partial charge in [-0.15, -0.1) is 23.1 Å². The maximum atomic E-state index is 13.3. The second kappa shape index (κ2) is 6.31. The minimum Gasteiger partial charge on any atom is -0.377 e. The maximum Gasteiger partial charge on any atom is 0.271 e. The standard InChI is InChI=1S/C19H21N5OS2/c1-10-6-13(23(2)3)15-16-17(27-18(15)22-10)19(25)24(8-20-16)11-4-5-12-14(7-11)26-9-21-12/h6,8-9,11-12,14H,4-5,7H2,1-3H3/t11?,12?,14-/m0/s1. The number of anilines is 1. The van der Waals surface area contributed by atoms with Gasteiger partial charge in [-0.3, -0.25) is 14.4 Å². The zero-order valence-electron chi connectivity index (χ0n) is 15.5. The van der Waals surface area contributed by atoms with Crippen molar-refractivity contribution >= 4 is 54.8 Å². The Kier molecular flexibility index (Phi) is 4.01. The molecule has 0 saturated heterocycles. The van der Waals surface area contributed by atoms with Gasteiger partial charge in [0.25, 0.3) is 5.56 Å². The quantitative estimate of drug-likeness (QED) is 0.659. The number of aromatic nitrogens is 3. The summed E-state index contributed by atoms with van der Waals surface area (Å²) in [5, 5.41) is 1.48. The monoisotopic (exact) mass is 399 g/mol. The molecule has 2 aliphatic rings. The molecular formula is C19H21N5OS2. The zero-order chi connectivity index (χ0) is 18.7. The van der Waals surface area contributed by atoms with Crippen LogP contribution in [0.4, 0.5) is 5.69 Å². The molecule has 8 heteroatoms. The molecule has 1 saturated carbocycles. The summed E-state index contributed by atoms with van der Waals surface area (Å²) in [6.07, 6.45) is 4.76. The van der Waals surface area contributed by atoms with Gasteiger partial charge in [0.05, 0.1) is 34.5 Å². The molecule has 1 aliphatic carbocycles. The topological polar surface area (TPSA) is 63.4 Å². The van der Waals surface area contributed by atoms with Crippen LogP contribution in [0.15, 0.2) is 22.2 Å². The molecule has 6 nitrogen and oxygen atoms in total. The van der Waals surface area contributed by atoms with Gasteiger partial charge in [0, 0.05) is 31.1 Å². The summed E-state index contributed by atoms with van der Waals surface area (Å²) in [5.41, 5.74) is 4.84. The molecule has 0 spiro atoms. The summed E-state index contributed by atoms with van der Waals surface area (Å²) in [4.78, 5) is 30.2. The van der Waals surface area contributed by atoms with Crippen molar-refractivity contribution in [3.8, 4) is 0 Å². The zero-order valence-corrected chi connectivity index (χ0v) is 17.2. The number of aryl methyl sites for hydroxylation is 1. The highest BCUT2D eigenvalue weighted by molar-refractivity contribution is 8.12. The van der Waals surface area contributed by atoms with Crippen LogP contribution in [-0.2, 0) is 0 Å². The van der Waals surface area contributed by atoms with E-state index in [1.54, 1.807) is 18.1 Å². The third kappa shape index (κ3) is 2.69. The maximum absolute atomic E-state index is 13.3. The van der Waals surface area contributed by atoms with Gasteiger partial charge >= 0.3 is 0 Å². The first-order valence-electron chi connectivity index (χ1n) is 9.18. The number of hydrogen-bond donors (Lipinski definition) is 0. The number of nitrogens with zero attached hydrogens (tertiary/aromatic N) is 5. The minimum absolute atomic E-state index is 0.0673. The molecule has 1 fully saturated rings. The van der Waals surface area contributed by atoms with Crippen LogP contribution < -0.4 is 10.5 Å². The van der Waals surface area contributed by atoms with Gasteiger partial charge in [0.15, 0.2) is 0 Å². The van der Waals surface area contributed by atoms with E-state index < -0.39 is 0 Å². The lowest BCUT2D eigenvalue weighted by Crippen LogP contribution is -2.33. The molecule has 5 rings (SSSR count). The van der Waals surface area contributed by atoms with E-state index in [1.807, 2.05) is 31.1 Å². The van der Waals surface area contributed by atoms with Crippen molar-refractivity contribution in [2.24, 2.45) is 4.99 Å². The van der Waals surface area contributed by atoms with Crippen LogP contribution in [0.2, 0.25) is 0 Å². The van der Waals surface area contributed by atoms with Crippen molar-refractivity contribution in [1.82, 2.24) is 14.5 Å². The lowest BCUT2D eigenvalue weighted by molar-refractivity contribution is 0.329. The highest BCUT2D eigenvalue weighted by atomic mass is 32.2. The fourth-order valence-electron chi connectivity index (χ4n) is 4.21. The number of thioether (sulfide) groups is 1. The number of thiophene rings is 1. The van der Waals surface area contributed by atoms with Crippen LogP contribution >= 0.6 is 23.1 Å². The fraction of sp³-hybridized carbons (Fsp3) is 0.474. The van der Waals surface area contributed by atoms with Crippen LogP contribution in [0.1, 0.15) is 31.0 Å². The molecule has 0 aromatic carbocycles. The normalized spacial score (nSPS) is 24.6. The Morgan fingerprint density at radius 2 is 2.15 bits per heavy atom. The number of aliphatic imine (C=N–C) groups is 1. The van der Waals surface area contributed by atoms with E-state index in [0.29, 0.717) is 16.0 Å². The number of hydrogen-bond acceptors (Lipinski definition) is 7. The van der Waals surface area contributed by atoms with E-state index in [-0.39, 0.29) is 11.6 Å². The molecule has 3 aromatic heterocycles. The van der Waals surface area contributed by atoms with Crippen molar-refractivity contribution in [1.29, 1.82) is 0 Å². The Hall–Kier alpha value is -1.93. The second-order valence-electron chi connectivity index (χ2n) is 7.56. The first-order chi connectivity index (χ1) is 13.0. The Balaban J connectivity index is 1.65. The molecule has 3 atom stereocenters. The lowest BCUT2D eigenvalue weighted by Gasteiger charge is -2.30. The lowest BCUT2D eigenvalue weighted by atomic mass is 9.91. The first-order valence-corrected chi connectivity index (χ1v) is 10.9. The Labute approximate surface area is 165 Å². The summed E-state index contributed by atoms with van der Waals surface area (Å²) in [6, 6.07) is 2.69. The number of rotatable bonds is 2. The molecule has 0 radical (unpaired) electrons. The van der Waals surface area contributed by atoms with Gasteiger partial charge in [-0.2, -0.15) is 0 Å². The molecule has 2 unspecified atom stereocenters. The van der Waals surface area contributed by atoms with E-state index in [1.165, 1.54) is 11.3 Å². The van der Waals surface area contributed by atoms with Gasteiger partial charge in [-0.05, 0) is 32.3 Å². The molecule has 3 aromatic rings. The number of pyridine rings is 1. The average Bonchev–Trinajstić information content (AvgIpc) is 3.25. The van der Waals surface area contributed by atoms with Gasteiger partial charge < -0.3 is 4.90 Å². The molecule has 0 N–H and O–H groups in total. The fourth-order valence-corrected chi connectivity index (χ4v) is 6.44. The third-order valence-corrected chi connectivity index (χ3v) is 7.74. The summed E-state index contributed by atoms with van der Waals surface area (Å²) >= 11 is 3.27. The van der Waals surface area contributed by atoms with Crippen molar-refractivity contribution in [2.45, 2.75) is 43.5 Å². The van der Waals surface area contributed by atoms with Crippen LogP contribution in [0.3, 0.4) is 0 Å². The van der Waals surface area contributed by atoms with Gasteiger partial charge in [-0.25, -0.2) is 9.97 Å². The molecule has 140 valence electrons. The summed E-state index contributed by atoms with van der Waals surface area (Å²) in [6.45, 7) is 1.99. The molecule has 0 amide bonds. The average molecular weight is 400 g/mol. The molecule has 0 bridgehead atoms. The molecule has 1 aliphatic heterocycles. The van der Waals surface area contributed by atoms with E-state index in [2.05, 4.69) is 20.9 Å². The predicted octanol–water partition coefficient (Wildman–Crippen LogP) is 3.62. The van der Waals surface area contributed by atoms with Crippen LogP contribution in [0.5, 0.6) is 0 Å². The summed E-state index contributed by atoms with van der Waals surface area (Å²) in [5.74, 6) is 0. The van der Waals surface area contributed by atoms with E-state index in [4.69, 9.17) is 4.98 Å². The first kappa shape index (κ1) is 17.2. The van der Waals surface area contributed by atoms with Crippen LogP contribution in [-0.4, -0.2) is 45.5 Å². The van der Waals surface area contributed by atoms with Crippen LogP contribution in [0, 0.1) is 6.92 Å². The second-order valence-corrected chi connectivity index (χ2v) is 9.64. The Morgan fingerprint density at radius 1 is 1.30 bits per heavy atom. The minimum atomic E-state index is 0.0673. The molecule has 4 heterocycles. The van der Waals surface area contributed by atoms with Gasteiger partial charge in [-0.1, -0.05) is 0 Å². The van der Waals surface area contributed by atoms with Crippen LogP contribution in [0.25, 0.3) is 20.4 Å². The molecule has 27 heavy (non-hydrogen) atoms. The highest BCUT2D eigenvalue weighted by Crippen LogP contribution is 2.40. The van der Waals surface area contributed by atoms with Gasteiger partial charge in [0.1, 0.15) is 9.53 Å². The van der Waals surface area contributed by atoms with Crippen molar-refractivity contribution in [2.75, 3.05) is 19.0 Å². The Morgan fingerprint density at radius 3 is 2.96 bits per heavy atom. The summed E-state index contributed by atoms with van der Waals surface area (Å²) < 4.78 is 2.57. The Bertz CT molecular complexity index is 1130. The molecular weight excluding hydrogens is 378 g/mol. The van der Waals surface area contributed by atoms with Crippen molar-refractivity contribution in [3.63, 3.8) is 0 Å². The van der Waals surface area contributed by atoms with E-state index in [9.17, 15) is 4.79 Å². The predicted molar refractivity (Wildman–Crippen MR) is 115 cm³/mol. The highest BCUT2D eigenvalue weighted by Gasteiger charge is 2.34. The third-order valence-electron chi connectivity index (χ3n) is 5.58. The van der Waals surface area contributed by atoms with E-state index in [0.717, 1.165) is 46.4 Å². The SMILES string of the molecule is Cc1cc(N(C)C)c2c(n1)sc1c(=O)n(C3CCC4N=CS[C@H]4C3)cnc12. The summed E-state index contributed by atoms with van der Waals surface area (Å²) in [7, 11) is 4.03.